The van der Waals surface area contributed by atoms with E-state index < -0.39 is 6.10 Å². The van der Waals surface area contributed by atoms with E-state index in [1.165, 1.54) is 12.8 Å². The molecule has 0 heterocycles. The lowest BCUT2D eigenvalue weighted by molar-refractivity contribution is -0.161. The number of aliphatic hydroxyl groups excluding tert-OH is 1. The van der Waals surface area contributed by atoms with Crippen LogP contribution in [0.2, 0.25) is 0 Å². The second-order valence-corrected chi connectivity index (χ2v) is 7.71. The Kier molecular flexibility index (Phi) is 20.9. The molecule has 0 bridgehead atoms. The van der Waals surface area contributed by atoms with Crippen molar-refractivity contribution < 1.29 is 24.2 Å². The Hall–Kier alpha value is -1.62. The van der Waals surface area contributed by atoms with Crippen molar-refractivity contribution in [3.8, 4) is 0 Å². The normalized spacial score (nSPS) is 12.5. The van der Waals surface area contributed by atoms with Gasteiger partial charge in [-0.15, -0.1) is 0 Å². The molecule has 0 aliphatic carbocycles. The number of hydrogen-bond donors (Lipinski definition) is 1. The van der Waals surface area contributed by atoms with Crippen molar-refractivity contribution in [3.05, 3.63) is 24.3 Å². The summed E-state index contributed by atoms with van der Waals surface area (Å²) in [7, 11) is 0. The van der Waals surface area contributed by atoms with Crippen LogP contribution in [-0.2, 0) is 19.1 Å². The van der Waals surface area contributed by atoms with Crippen LogP contribution in [0.5, 0.6) is 0 Å². The van der Waals surface area contributed by atoms with Crippen LogP contribution in [0.4, 0.5) is 0 Å². The fraction of sp³-hybridized carbons (Fsp3) is 0.760. The summed E-state index contributed by atoms with van der Waals surface area (Å²) < 4.78 is 10.3. The lowest BCUT2D eigenvalue weighted by atomic mass is 10.1. The second-order valence-electron chi connectivity index (χ2n) is 7.71. The highest BCUT2D eigenvalue weighted by atomic mass is 16.6. The molecule has 0 aliphatic rings. The van der Waals surface area contributed by atoms with Crippen LogP contribution in [-0.4, -0.2) is 36.4 Å². The van der Waals surface area contributed by atoms with Crippen molar-refractivity contribution in [1.29, 1.82) is 0 Å². The number of rotatable bonds is 20. The van der Waals surface area contributed by atoms with Gasteiger partial charge in [-0.1, -0.05) is 76.7 Å². The number of allylic oxidation sites excluding steroid dienone is 4. The minimum absolute atomic E-state index is 0.0743. The molecule has 0 fully saturated rings. The van der Waals surface area contributed by atoms with E-state index in [-0.39, 0.29) is 25.2 Å². The maximum Gasteiger partial charge on any atom is 0.306 e. The minimum Gasteiger partial charge on any atom is -0.462 e. The van der Waals surface area contributed by atoms with Crippen LogP contribution in [0.3, 0.4) is 0 Å². The van der Waals surface area contributed by atoms with Crippen LogP contribution < -0.4 is 0 Å². The van der Waals surface area contributed by atoms with Gasteiger partial charge in [-0.3, -0.25) is 9.59 Å². The van der Waals surface area contributed by atoms with Crippen molar-refractivity contribution in [2.24, 2.45) is 0 Å². The molecular weight excluding hydrogens is 380 g/mol. The Labute approximate surface area is 183 Å². The molecule has 0 saturated carbocycles. The van der Waals surface area contributed by atoms with Crippen molar-refractivity contribution in [2.45, 2.75) is 110 Å². The summed E-state index contributed by atoms with van der Waals surface area (Å²) in [6.07, 6.45) is 21.4. The molecule has 1 unspecified atom stereocenters. The maximum absolute atomic E-state index is 11.9. The monoisotopic (exact) mass is 424 g/mol. The molecule has 5 heteroatoms. The van der Waals surface area contributed by atoms with Gasteiger partial charge in [0.2, 0.25) is 0 Å². The number of aliphatic hydroxyl groups is 1. The van der Waals surface area contributed by atoms with Gasteiger partial charge in [-0.2, -0.15) is 0 Å². The van der Waals surface area contributed by atoms with Crippen molar-refractivity contribution in [3.63, 3.8) is 0 Å². The fourth-order valence-electron chi connectivity index (χ4n) is 2.88. The summed E-state index contributed by atoms with van der Waals surface area (Å²) >= 11 is 0. The number of hydrogen-bond acceptors (Lipinski definition) is 5. The van der Waals surface area contributed by atoms with Crippen LogP contribution >= 0.6 is 0 Å². The predicted molar refractivity (Wildman–Crippen MR) is 122 cm³/mol. The van der Waals surface area contributed by atoms with Gasteiger partial charge in [0.25, 0.3) is 0 Å². The van der Waals surface area contributed by atoms with Crippen LogP contribution in [0.15, 0.2) is 24.3 Å². The highest BCUT2D eigenvalue weighted by Gasteiger charge is 2.15. The van der Waals surface area contributed by atoms with E-state index >= 15 is 0 Å². The topological polar surface area (TPSA) is 72.8 Å². The molecule has 0 amide bonds. The third kappa shape index (κ3) is 19.7. The minimum atomic E-state index is -0.767. The van der Waals surface area contributed by atoms with E-state index in [1.54, 1.807) is 0 Å². The average Bonchev–Trinajstić information content (AvgIpc) is 2.74. The molecule has 174 valence electrons. The zero-order valence-electron chi connectivity index (χ0n) is 19.3. The smallest absolute Gasteiger partial charge is 0.306 e. The Morgan fingerprint density at radius 2 is 1.40 bits per heavy atom. The SMILES string of the molecule is CCC/C=C\C/C=C\CCCCCCCC(=O)OC(CO)COC(=O)CCCCC. The summed E-state index contributed by atoms with van der Waals surface area (Å²) in [4.78, 5) is 23.5. The van der Waals surface area contributed by atoms with Gasteiger partial charge < -0.3 is 14.6 Å². The third-order valence-corrected chi connectivity index (χ3v) is 4.73. The van der Waals surface area contributed by atoms with Crippen molar-refractivity contribution >= 4 is 11.9 Å². The summed E-state index contributed by atoms with van der Waals surface area (Å²) in [6.45, 7) is 3.84. The van der Waals surface area contributed by atoms with Crippen LogP contribution in [0, 0.1) is 0 Å². The number of unbranched alkanes of at least 4 members (excludes halogenated alkanes) is 8. The molecule has 0 aromatic heterocycles. The first-order valence-corrected chi connectivity index (χ1v) is 11.9. The predicted octanol–water partition coefficient (Wildman–Crippen LogP) is 6.05. The first-order valence-electron chi connectivity index (χ1n) is 11.9. The Balaban J connectivity index is 3.64. The first-order chi connectivity index (χ1) is 14.6. The Morgan fingerprint density at radius 3 is 2.10 bits per heavy atom. The molecule has 0 aliphatic heterocycles. The third-order valence-electron chi connectivity index (χ3n) is 4.73. The van der Waals surface area contributed by atoms with Crippen LogP contribution in [0.1, 0.15) is 104 Å². The van der Waals surface area contributed by atoms with E-state index in [4.69, 9.17) is 9.47 Å². The standard InChI is InChI=1S/C25H44O5/c1-3-5-7-8-9-10-11-12-13-14-15-16-18-20-25(28)30-23(21-26)22-29-24(27)19-17-6-4-2/h7-8,10-11,23,26H,3-6,9,12-22H2,1-2H3/b8-7-,11-10-. The summed E-state index contributed by atoms with van der Waals surface area (Å²) in [5.41, 5.74) is 0. The maximum atomic E-state index is 11.9. The van der Waals surface area contributed by atoms with E-state index in [9.17, 15) is 14.7 Å². The van der Waals surface area contributed by atoms with Crippen LogP contribution in [0.25, 0.3) is 0 Å². The summed E-state index contributed by atoms with van der Waals surface area (Å²) in [5.74, 6) is -0.643. The molecule has 5 nitrogen and oxygen atoms in total. The molecular formula is C25H44O5. The summed E-state index contributed by atoms with van der Waals surface area (Å²) in [6, 6.07) is 0. The zero-order chi connectivity index (χ0) is 22.3. The number of ether oxygens (including phenoxy) is 2. The zero-order valence-corrected chi connectivity index (χ0v) is 19.3. The first kappa shape index (κ1) is 28.4. The number of esters is 2. The van der Waals surface area contributed by atoms with E-state index in [0.717, 1.165) is 64.2 Å². The lowest BCUT2D eigenvalue weighted by Gasteiger charge is -2.15. The molecule has 30 heavy (non-hydrogen) atoms. The average molecular weight is 425 g/mol. The molecule has 0 aromatic carbocycles. The van der Waals surface area contributed by atoms with Gasteiger partial charge >= 0.3 is 11.9 Å². The van der Waals surface area contributed by atoms with E-state index in [2.05, 4.69) is 38.2 Å². The molecule has 0 radical (unpaired) electrons. The summed E-state index contributed by atoms with van der Waals surface area (Å²) in [5, 5.41) is 9.31. The van der Waals surface area contributed by atoms with Gasteiger partial charge in [-0.05, 0) is 38.5 Å². The molecule has 0 aromatic rings. The van der Waals surface area contributed by atoms with Gasteiger partial charge in [0, 0.05) is 12.8 Å². The Bertz CT molecular complexity index is 470. The highest BCUT2D eigenvalue weighted by molar-refractivity contribution is 5.70. The molecule has 0 saturated heterocycles. The molecule has 1 atom stereocenters. The lowest BCUT2D eigenvalue weighted by Crippen LogP contribution is -2.28. The molecule has 0 rings (SSSR count). The quantitative estimate of drug-likeness (QED) is 0.146. The van der Waals surface area contributed by atoms with Gasteiger partial charge in [-0.25, -0.2) is 0 Å². The van der Waals surface area contributed by atoms with Crippen molar-refractivity contribution in [1.82, 2.24) is 0 Å². The number of carbonyl (C=O) groups is 2. The van der Waals surface area contributed by atoms with Gasteiger partial charge in [0.15, 0.2) is 6.10 Å². The van der Waals surface area contributed by atoms with Gasteiger partial charge in [0.1, 0.15) is 6.61 Å². The molecule has 1 N–H and O–H groups in total. The number of carbonyl (C=O) groups excluding carboxylic acids is 2. The second kappa shape index (κ2) is 22.1. The highest BCUT2D eigenvalue weighted by Crippen LogP contribution is 2.09. The fourth-order valence-corrected chi connectivity index (χ4v) is 2.88. The van der Waals surface area contributed by atoms with Crippen molar-refractivity contribution in [2.75, 3.05) is 13.2 Å². The van der Waals surface area contributed by atoms with E-state index in [0.29, 0.717) is 12.8 Å². The largest absolute Gasteiger partial charge is 0.462 e. The van der Waals surface area contributed by atoms with Gasteiger partial charge in [0.05, 0.1) is 6.61 Å². The Morgan fingerprint density at radius 1 is 0.767 bits per heavy atom. The van der Waals surface area contributed by atoms with E-state index in [1.807, 2.05) is 0 Å². The molecule has 0 spiro atoms.